The molecule has 5 rings (SSSR count). The van der Waals surface area contributed by atoms with Gasteiger partial charge in [-0.05, 0) is 82.1 Å². The minimum absolute atomic E-state index is 0.160. The SMILES string of the molecule is Cc1ccc(NC(=O)COC(=O)c2nn(CC(=O)c3cc(C)n(-c4ccc(C)c(C)c4)c3C)c(=O)c3ccccc23)cc1. The highest BCUT2D eigenvalue weighted by atomic mass is 16.5. The maximum Gasteiger partial charge on any atom is 0.359 e. The molecule has 0 aliphatic carbocycles. The normalized spacial score (nSPS) is 11.0. The first-order chi connectivity index (χ1) is 20.5. The largest absolute Gasteiger partial charge is 0.451 e. The Hall–Kier alpha value is -5.31. The number of benzene rings is 3. The summed E-state index contributed by atoms with van der Waals surface area (Å²) in [5.74, 6) is -1.74. The number of Topliss-reactive ketones (excluding diaryl/α,β-unsaturated/α-hetero) is 1. The predicted molar refractivity (Wildman–Crippen MR) is 165 cm³/mol. The molecule has 0 aliphatic rings. The highest BCUT2D eigenvalue weighted by Crippen LogP contribution is 2.24. The van der Waals surface area contributed by atoms with E-state index in [1.807, 2.05) is 63.5 Å². The van der Waals surface area contributed by atoms with Gasteiger partial charge in [-0.15, -0.1) is 0 Å². The van der Waals surface area contributed by atoms with Gasteiger partial charge in [-0.2, -0.15) is 5.10 Å². The summed E-state index contributed by atoms with van der Waals surface area (Å²) in [5, 5.41) is 7.40. The number of nitrogens with zero attached hydrogens (tertiary/aromatic N) is 3. The Labute approximate surface area is 248 Å². The molecule has 3 aromatic carbocycles. The third-order valence-electron chi connectivity index (χ3n) is 7.50. The van der Waals surface area contributed by atoms with E-state index in [4.69, 9.17) is 4.74 Å². The number of esters is 1. The number of anilines is 1. The number of rotatable bonds is 8. The Morgan fingerprint density at radius 3 is 2.23 bits per heavy atom. The number of fused-ring (bicyclic) bond motifs is 1. The fourth-order valence-electron chi connectivity index (χ4n) is 5.05. The van der Waals surface area contributed by atoms with E-state index in [-0.39, 0.29) is 28.8 Å². The number of amides is 1. The topological polar surface area (TPSA) is 112 Å². The number of ether oxygens (including phenoxy) is 1. The van der Waals surface area contributed by atoms with Crippen molar-refractivity contribution in [2.45, 2.75) is 41.2 Å². The van der Waals surface area contributed by atoms with Crippen molar-refractivity contribution in [2.24, 2.45) is 0 Å². The molecule has 0 unspecified atom stereocenters. The Morgan fingerprint density at radius 2 is 1.53 bits per heavy atom. The minimum atomic E-state index is -0.885. The number of nitrogens with one attached hydrogen (secondary N) is 1. The molecule has 9 heteroatoms. The summed E-state index contributed by atoms with van der Waals surface area (Å²) < 4.78 is 8.25. The molecule has 43 heavy (non-hydrogen) atoms. The highest BCUT2D eigenvalue weighted by Gasteiger charge is 2.22. The van der Waals surface area contributed by atoms with Gasteiger partial charge in [0.15, 0.2) is 18.1 Å². The Bertz CT molecular complexity index is 1950. The third-order valence-corrected chi connectivity index (χ3v) is 7.50. The highest BCUT2D eigenvalue weighted by molar-refractivity contribution is 6.03. The molecule has 1 N–H and O–H groups in total. The quantitative estimate of drug-likeness (QED) is 0.195. The van der Waals surface area contributed by atoms with Crippen LogP contribution in [0.1, 0.15) is 48.9 Å². The Morgan fingerprint density at radius 1 is 0.837 bits per heavy atom. The maximum absolute atomic E-state index is 13.5. The second kappa shape index (κ2) is 11.9. The minimum Gasteiger partial charge on any atom is -0.451 e. The molecule has 0 aliphatic heterocycles. The van der Waals surface area contributed by atoms with Crippen LogP contribution in [-0.2, 0) is 16.1 Å². The van der Waals surface area contributed by atoms with Crippen molar-refractivity contribution < 1.29 is 19.1 Å². The zero-order valence-electron chi connectivity index (χ0n) is 24.7. The lowest BCUT2D eigenvalue weighted by molar-refractivity contribution is -0.119. The van der Waals surface area contributed by atoms with E-state index in [0.717, 1.165) is 32.9 Å². The molecular weight excluding hydrogens is 544 g/mol. The third kappa shape index (κ3) is 6.01. The maximum atomic E-state index is 13.5. The van der Waals surface area contributed by atoms with E-state index >= 15 is 0 Å². The number of hydrogen-bond donors (Lipinski definition) is 1. The molecule has 2 aromatic heterocycles. The molecule has 2 heterocycles. The van der Waals surface area contributed by atoms with E-state index in [2.05, 4.69) is 16.5 Å². The first-order valence-corrected chi connectivity index (χ1v) is 13.9. The molecule has 0 saturated heterocycles. The predicted octanol–water partition coefficient (Wildman–Crippen LogP) is 5.41. The van der Waals surface area contributed by atoms with Crippen LogP contribution in [0, 0.1) is 34.6 Å². The van der Waals surface area contributed by atoms with Gasteiger partial charge in [0, 0.05) is 33.7 Å². The number of carbonyl (C=O) groups excluding carboxylic acids is 3. The lowest BCUT2D eigenvalue weighted by Crippen LogP contribution is -2.30. The van der Waals surface area contributed by atoms with Crippen LogP contribution in [0.4, 0.5) is 5.69 Å². The molecule has 0 radical (unpaired) electrons. The summed E-state index contributed by atoms with van der Waals surface area (Å²) in [6.07, 6.45) is 0. The second-order valence-corrected chi connectivity index (χ2v) is 10.7. The molecule has 0 fully saturated rings. The number of hydrogen-bond acceptors (Lipinski definition) is 6. The molecule has 218 valence electrons. The van der Waals surface area contributed by atoms with Crippen LogP contribution in [0.5, 0.6) is 0 Å². The number of ketones is 1. The van der Waals surface area contributed by atoms with Crippen molar-refractivity contribution in [1.29, 1.82) is 0 Å². The van der Waals surface area contributed by atoms with Gasteiger partial charge < -0.3 is 14.6 Å². The first kappa shape index (κ1) is 29.2. The van der Waals surface area contributed by atoms with Crippen LogP contribution in [-0.4, -0.2) is 38.6 Å². The summed E-state index contributed by atoms with van der Waals surface area (Å²) in [4.78, 5) is 52.4. The molecular formula is C34H32N4O5. The second-order valence-electron chi connectivity index (χ2n) is 10.7. The lowest BCUT2D eigenvalue weighted by Gasteiger charge is -2.13. The van der Waals surface area contributed by atoms with Crippen LogP contribution < -0.4 is 10.9 Å². The van der Waals surface area contributed by atoms with Crippen molar-refractivity contribution in [3.63, 3.8) is 0 Å². The molecule has 0 spiro atoms. The number of aromatic nitrogens is 3. The summed E-state index contributed by atoms with van der Waals surface area (Å²) in [5.41, 5.74) is 6.24. The van der Waals surface area contributed by atoms with Gasteiger partial charge >= 0.3 is 5.97 Å². The fraction of sp³-hybridized carbons (Fsp3) is 0.206. The van der Waals surface area contributed by atoms with Crippen molar-refractivity contribution in [3.8, 4) is 5.69 Å². The number of carbonyl (C=O) groups is 3. The average molecular weight is 577 g/mol. The van der Waals surface area contributed by atoms with Gasteiger partial charge in [0.1, 0.15) is 6.54 Å². The van der Waals surface area contributed by atoms with E-state index in [0.29, 0.717) is 11.3 Å². The molecule has 5 aromatic rings. The lowest BCUT2D eigenvalue weighted by atomic mass is 10.1. The molecule has 1 amide bonds. The van der Waals surface area contributed by atoms with Crippen molar-refractivity contribution in [2.75, 3.05) is 11.9 Å². The van der Waals surface area contributed by atoms with Gasteiger partial charge in [0.05, 0.1) is 5.39 Å². The van der Waals surface area contributed by atoms with Gasteiger partial charge in [0.25, 0.3) is 11.5 Å². The van der Waals surface area contributed by atoms with Crippen molar-refractivity contribution in [3.05, 3.63) is 122 Å². The Balaban J connectivity index is 1.40. The first-order valence-electron chi connectivity index (χ1n) is 13.9. The molecule has 0 bridgehead atoms. The summed E-state index contributed by atoms with van der Waals surface area (Å²) >= 11 is 0. The zero-order chi connectivity index (χ0) is 30.8. The zero-order valence-corrected chi connectivity index (χ0v) is 24.7. The van der Waals surface area contributed by atoms with E-state index < -0.39 is 24.0 Å². The summed E-state index contributed by atoms with van der Waals surface area (Å²) in [7, 11) is 0. The van der Waals surface area contributed by atoms with Gasteiger partial charge in [-0.25, -0.2) is 9.48 Å². The molecule has 0 atom stereocenters. The summed E-state index contributed by atoms with van der Waals surface area (Å²) in [6, 6.07) is 21.6. The van der Waals surface area contributed by atoms with Crippen LogP contribution >= 0.6 is 0 Å². The van der Waals surface area contributed by atoms with Gasteiger partial charge in [0.2, 0.25) is 0 Å². The van der Waals surface area contributed by atoms with E-state index in [1.54, 1.807) is 42.5 Å². The van der Waals surface area contributed by atoms with Crippen molar-refractivity contribution in [1.82, 2.24) is 14.3 Å². The molecule has 9 nitrogen and oxygen atoms in total. The fourth-order valence-corrected chi connectivity index (χ4v) is 5.05. The Kier molecular flexibility index (Phi) is 8.07. The van der Waals surface area contributed by atoms with Gasteiger partial charge in [-0.3, -0.25) is 14.4 Å². The number of aryl methyl sites for hydroxylation is 4. The molecule has 0 saturated carbocycles. The van der Waals surface area contributed by atoms with Gasteiger partial charge in [-0.1, -0.05) is 42.0 Å². The summed E-state index contributed by atoms with van der Waals surface area (Å²) in [6.45, 7) is 8.86. The van der Waals surface area contributed by atoms with E-state index in [9.17, 15) is 19.2 Å². The smallest absolute Gasteiger partial charge is 0.359 e. The average Bonchev–Trinajstić information content (AvgIpc) is 3.29. The van der Waals surface area contributed by atoms with E-state index in [1.165, 1.54) is 5.56 Å². The van der Waals surface area contributed by atoms with Crippen LogP contribution in [0.3, 0.4) is 0 Å². The van der Waals surface area contributed by atoms with Crippen molar-refractivity contribution >= 4 is 34.1 Å². The standard InChI is InChI=1S/C34H32N4O5/c1-20-10-13-25(14-11-20)35-31(40)19-43-34(42)32-27-8-6-7-9-28(27)33(41)37(36-32)18-30(39)29-17-23(4)38(24(29)5)26-15-12-21(2)22(3)16-26/h6-17H,18-19H2,1-5H3,(H,35,40). The monoisotopic (exact) mass is 576 g/mol. The van der Waals surface area contributed by atoms with Crippen LogP contribution in [0.15, 0.2) is 77.6 Å². The van der Waals surface area contributed by atoms with Crippen LogP contribution in [0.25, 0.3) is 16.5 Å². The van der Waals surface area contributed by atoms with Crippen LogP contribution in [0.2, 0.25) is 0 Å².